The van der Waals surface area contributed by atoms with Gasteiger partial charge in [0.05, 0.1) is 0 Å². The maximum absolute atomic E-state index is 12.9. The summed E-state index contributed by atoms with van der Waals surface area (Å²) in [7, 11) is 0. The molecule has 1 aromatic rings. The van der Waals surface area contributed by atoms with Crippen LogP contribution in [-0.4, -0.2) is 11.8 Å². The average molecular weight is 207 g/mol. The molecule has 15 heavy (non-hydrogen) atoms. The van der Waals surface area contributed by atoms with Crippen molar-refractivity contribution in [1.82, 2.24) is 0 Å². The van der Waals surface area contributed by atoms with E-state index >= 15 is 0 Å². The van der Waals surface area contributed by atoms with E-state index in [4.69, 9.17) is 5.73 Å². The van der Waals surface area contributed by atoms with Crippen molar-refractivity contribution in [1.29, 1.82) is 0 Å². The molecule has 0 saturated heterocycles. The lowest BCUT2D eigenvalue weighted by molar-refractivity contribution is 0.0921. The van der Waals surface area contributed by atoms with Crippen LogP contribution >= 0.6 is 0 Å². The number of nitrogens with two attached hydrogens (primary N) is 1. The Bertz CT molecular complexity index is 378. The van der Waals surface area contributed by atoms with E-state index in [1.807, 2.05) is 0 Å². The third-order valence-electron chi connectivity index (χ3n) is 2.95. The number of benzene rings is 1. The van der Waals surface area contributed by atoms with Gasteiger partial charge < -0.3 is 5.73 Å². The lowest BCUT2D eigenvalue weighted by Gasteiger charge is -2.08. The van der Waals surface area contributed by atoms with Crippen LogP contribution in [0.15, 0.2) is 24.3 Å². The van der Waals surface area contributed by atoms with E-state index in [1.54, 1.807) is 12.1 Å². The maximum Gasteiger partial charge on any atom is 0.166 e. The van der Waals surface area contributed by atoms with Crippen LogP contribution in [0.2, 0.25) is 0 Å². The molecular formula is C12H14FNO. The number of carbonyl (C=O) groups is 1. The molecule has 2 unspecified atom stereocenters. The molecule has 2 rings (SSSR count). The van der Waals surface area contributed by atoms with Crippen LogP contribution in [-0.2, 0) is 0 Å². The molecule has 0 bridgehead atoms. The fourth-order valence-electron chi connectivity index (χ4n) is 2.13. The average Bonchev–Trinajstić information content (AvgIpc) is 2.64. The quantitative estimate of drug-likeness (QED) is 0.755. The van der Waals surface area contributed by atoms with E-state index in [0.29, 0.717) is 5.56 Å². The summed E-state index contributed by atoms with van der Waals surface area (Å²) >= 11 is 0. The number of hydrogen-bond donors (Lipinski definition) is 1. The molecule has 0 spiro atoms. The third-order valence-corrected chi connectivity index (χ3v) is 2.95. The molecule has 0 heterocycles. The molecule has 0 radical (unpaired) electrons. The standard InChI is InChI=1S/C12H14FNO/c13-10-3-1-2-8(6-10)12(15)9-4-5-11(14)7-9/h1-3,6,9,11H,4-5,7,14H2. The zero-order valence-electron chi connectivity index (χ0n) is 8.45. The zero-order valence-corrected chi connectivity index (χ0v) is 8.45. The van der Waals surface area contributed by atoms with Crippen LogP contribution in [0.3, 0.4) is 0 Å². The summed E-state index contributed by atoms with van der Waals surface area (Å²) in [5.41, 5.74) is 6.21. The first-order valence-corrected chi connectivity index (χ1v) is 5.22. The fraction of sp³-hybridized carbons (Fsp3) is 0.417. The van der Waals surface area contributed by atoms with Crippen molar-refractivity contribution in [2.24, 2.45) is 11.7 Å². The monoisotopic (exact) mass is 207 g/mol. The minimum Gasteiger partial charge on any atom is -0.328 e. The lowest BCUT2D eigenvalue weighted by atomic mass is 9.96. The van der Waals surface area contributed by atoms with Crippen LogP contribution in [0, 0.1) is 11.7 Å². The van der Waals surface area contributed by atoms with E-state index in [-0.39, 0.29) is 23.6 Å². The van der Waals surface area contributed by atoms with Crippen molar-refractivity contribution in [2.75, 3.05) is 0 Å². The van der Waals surface area contributed by atoms with Gasteiger partial charge in [0.15, 0.2) is 5.78 Å². The molecule has 1 aliphatic rings. The fourth-order valence-corrected chi connectivity index (χ4v) is 2.13. The highest BCUT2D eigenvalue weighted by atomic mass is 19.1. The van der Waals surface area contributed by atoms with E-state index in [9.17, 15) is 9.18 Å². The summed E-state index contributed by atoms with van der Waals surface area (Å²) in [4.78, 5) is 11.9. The molecule has 0 amide bonds. The summed E-state index contributed by atoms with van der Waals surface area (Å²) in [5, 5.41) is 0. The molecule has 1 aliphatic carbocycles. The van der Waals surface area contributed by atoms with Gasteiger partial charge in [0.2, 0.25) is 0 Å². The van der Waals surface area contributed by atoms with Gasteiger partial charge in [-0.25, -0.2) is 4.39 Å². The third kappa shape index (κ3) is 2.23. The summed E-state index contributed by atoms with van der Waals surface area (Å²) in [6.07, 6.45) is 2.46. The van der Waals surface area contributed by atoms with Gasteiger partial charge in [-0.2, -0.15) is 0 Å². The highest BCUT2D eigenvalue weighted by Gasteiger charge is 2.28. The number of hydrogen-bond acceptors (Lipinski definition) is 2. The van der Waals surface area contributed by atoms with E-state index in [1.165, 1.54) is 12.1 Å². The van der Waals surface area contributed by atoms with Gasteiger partial charge in [0.25, 0.3) is 0 Å². The Hall–Kier alpha value is -1.22. The first kappa shape index (κ1) is 10.3. The van der Waals surface area contributed by atoms with Gasteiger partial charge in [-0.15, -0.1) is 0 Å². The van der Waals surface area contributed by atoms with E-state index in [0.717, 1.165) is 19.3 Å². The first-order chi connectivity index (χ1) is 7.16. The Kier molecular flexibility index (Phi) is 2.82. The predicted octanol–water partition coefficient (Wildman–Crippen LogP) is 2.14. The Morgan fingerprint density at radius 3 is 2.80 bits per heavy atom. The summed E-state index contributed by atoms with van der Waals surface area (Å²) in [6.45, 7) is 0. The molecule has 2 nitrogen and oxygen atoms in total. The summed E-state index contributed by atoms with van der Waals surface area (Å²) < 4.78 is 12.9. The Balaban J connectivity index is 2.14. The van der Waals surface area contributed by atoms with Crippen LogP contribution in [0.5, 0.6) is 0 Å². The highest BCUT2D eigenvalue weighted by molar-refractivity contribution is 5.98. The molecule has 3 heteroatoms. The van der Waals surface area contributed by atoms with Crippen molar-refractivity contribution in [3.63, 3.8) is 0 Å². The highest BCUT2D eigenvalue weighted by Crippen LogP contribution is 2.27. The topological polar surface area (TPSA) is 43.1 Å². The molecule has 2 N–H and O–H groups in total. The molecular weight excluding hydrogens is 193 g/mol. The number of ketones is 1. The number of rotatable bonds is 2. The second-order valence-electron chi connectivity index (χ2n) is 4.14. The number of Topliss-reactive ketones (excluding diaryl/α,β-unsaturated/α-hetero) is 1. The number of halogens is 1. The van der Waals surface area contributed by atoms with Crippen molar-refractivity contribution in [2.45, 2.75) is 25.3 Å². The lowest BCUT2D eigenvalue weighted by Crippen LogP contribution is -2.18. The normalized spacial score (nSPS) is 25.5. The second-order valence-corrected chi connectivity index (χ2v) is 4.14. The summed E-state index contributed by atoms with van der Waals surface area (Å²) in [5.74, 6) is -0.340. The SMILES string of the molecule is NC1CCC(C(=O)c2cccc(F)c2)C1. The van der Waals surface area contributed by atoms with Crippen molar-refractivity contribution in [3.05, 3.63) is 35.6 Å². The predicted molar refractivity (Wildman–Crippen MR) is 56.0 cm³/mol. The maximum atomic E-state index is 12.9. The second kappa shape index (κ2) is 4.11. The van der Waals surface area contributed by atoms with Crippen LogP contribution in [0.25, 0.3) is 0 Å². The van der Waals surface area contributed by atoms with Crippen molar-refractivity contribution >= 4 is 5.78 Å². The molecule has 80 valence electrons. The van der Waals surface area contributed by atoms with E-state index in [2.05, 4.69) is 0 Å². The largest absolute Gasteiger partial charge is 0.328 e. The molecule has 1 fully saturated rings. The summed E-state index contributed by atoms with van der Waals surface area (Å²) in [6, 6.07) is 6.00. The Morgan fingerprint density at radius 2 is 2.20 bits per heavy atom. The van der Waals surface area contributed by atoms with Gasteiger partial charge in [-0.1, -0.05) is 12.1 Å². The molecule has 0 aromatic heterocycles. The molecule has 2 atom stereocenters. The molecule has 1 aromatic carbocycles. The zero-order chi connectivity index (χ0) is 10.8. The smallest absolute Gasteiger partial charge is 0.166 e. The van der Waals surface area contributed by atoms with Crippen LogP contribution < -0.4 is 5.73 Å². The Morgan fingerprint density at radius 1 is 1.40 bits per heavy atom. The first-order valence-electron chi connectivity index (χ1n) is 5.22. The minimum absolute atomic E-state index is 0.0122. The molecule has 0 aliphatic heterocycles. The van der Waals surface area contributed by atoms with Gasteiger partial charge >= 0.3 is 0 Å². The van der Waals surface area contributed by atoms with Crippen LogP contribution in [0.1, 0.15) is 29.6 Å². The molecule has 1 saturated carbocycles. The van der Waals surface area contributed by atoms with Crippen molar-refractivity contribution < 1.29 is 9.18 Å². The minimum atomic E-state index is -0.358. The van der Waals surface area contributed by atoms with Crippen LogP contribution in [0.4, 0.5) is 4.39 Å². The Labute approximate surface area is 88.3 Å². The van der Waals surface area contributed by atoms with Crippen molar-refractivity contribution in [3.8, 4) is 0 Å². The van der Waals surface area contributed by atoms with Gasteiger partial charge in [0.1, 0.15) is 5.82 Å². The van der Waals surface area contributed by atoms with Gasteiger partial charge in [-0.05, 0) is 31.4 Å². The van der Waals surface area contributed by atoms with Gasteiger partial charge in [-0.3, -0.25) is 4.79 Å². The van der Waals surface area contributed by atoms with E-state index < -0.39 is 0 Å². The number of carbonyl (C=O) groups excluding carboxylic acids is 1. The van der Waals surface area contributed by atoms with Gasteiger partial charge in [0, 0.05) is 17.5 Å².